The fourth-order valence-electron chi connectivity index (χ4n) is 2.32. The maximum Gasteiger partial charge on any atom is 0.303 e. The summed E-state index contributed by atoms with van der Waals surface area (Å²) >= 11 is 0. The van der Waals surface area contributed by atoms with E-state index >= 15 is 0 Å². The van der Waals surface area contributed by atoms with Gasteiger partial charge in [-0.1, -0.05) is 13.8 Å². The molecule has 2 N–H and O–H groups in total. The van der Waals surface area contributed by atoms with Gasteiger partial charge in [-0.25, -0.2) is 0 Å². The van der Waals surface area contributed by atoms with E-state index in [-0.39, 0.29) is 6.42 Å². The van der Waals surface area contributed by atoms with Crippen LogP contribution in [-0.2, 0) is 4.79 Å². The molecule has 1 atom stereocenters. The molecule has 0 aromatic rings. The van der Waals surface area contributed by atoms with Crippen molar-refractivity contribution >= 4 is 5.97 Å². The molecule has 1 aliphatic rings. The lowest BCUT2D eigenvalue weighted by Gasteiger charge is -2.36. The van der Waals surface area contributed by atoms with Crippen LogP contribution < -0.4 is 0 Å². The van der Waals surface area contributed by atoms with Crippen molar-refractivity contribution in [3.8, 4) is 0 Å². The molecule has 1 heterocycles. The Kier molecular flexibility index (Phi) is 5.22. The van der Waals surface area contributed by atoms with Gasteiger partial charge in [0.25, 0.3) is 0 Å². The molecule has 4 nitrogen and oxygen atoms in total. The normalized spacial score (nSPS) is 21.2. The highest BCUT2D eigenvalue weighted by atomic mass is 16.4. The number of carbonyl (C=O) groups is 1. The van der Waals surface area contributed by atoms with Gasteiger partial charge < -0.3 is 10.2 Å². The van der Waals surface area contributed by atoms with Gasteiger partial charge in [0.15, 0.2) is 0 Å². The molecule has 0 aromatic heterocycles. The number of carboxylic acids is 1. The third-order valence-electron chi connectivity index (χ3n) is 3.55. The predicted octanol–water partition coefficient (Wildman–Crippen LogP) is 1.54. The SMILES string of the molecule is CC(C)C1CCN(C(O)CCC(=O)O)CC1. The predicted molar refractivity (Wildman–Crippen MR) is 62.0 cm³/mol. The number of aliphatic hydroxyl groups excluding tert-OH is 1. The maximum atomic E-state index is 10.4. The second kappa shape index (κ2) is 6.21. The largest absolute Gasteiger partial charge is 0.481 e. The summed E-state index contributed by atoms with van der Waals surface area (Å²) in [5.74, 6) is 0.623. The van der Waals surface area contributed by atoms with Crippen molar-refractivity contribution in [2.75, 3.05) is 13.1 Å². The lowest BCUT2D eigenvalue weighted by molar-refractivity contribution is -0.138. The van der Waals surface area contributed by atoms with Crippen molar-refractivity contribution < 1.29 is 15.0 Å². The Hall–Kier alpha value is -0.610. The quantitative estimate of drug-likeness (QED) is 0.750. The standard InChI is InChI=1S/C12H23NO3/c1-9(2)10-5-7-13(8-6-10)11(14)3-4-12(15)16/h9-11,14H,3-8H2,1-2H3,(H,15,16). The third-order valence-corrected chi connectivity index (χ3v) is 3.55. The minimum absolute atomic E-state index is 0.0469. The molecule has 1 rings (SSSR count). The zero-order valence-electron chi connectivity index (χ0n) is 10.2. The van der Waals surface area contributed by atoms with E-state index in [9.17, 15) is 9.90 Å². The van der Waals surface area contributed by atoms with E-state index in [0.29, 0.717) is 12.3 Å². The van der Waals surface area contributed by atoms with Crippen molar-refractivity contribution in [1.82, 2.24) is 4.90 Å². The number of piperidine rings is 1. The van der Waals surface area contributed by atoms with E-state index < -0.39 is 12.2 Å². The number of nitrogens with zero attached hydrogens (tertiary/aromatic N) is 1. The van der Waals surface area contributed by atoms with Crippen LogP contribution in [0, 0.1) is 11.8 Å². The average Bonchev–Trinajstić information content (AvgIpc) is 2.26. The van der Waals surface area contributed by atoms with Crippen LogP contribution in [0.1, 0.15) is 39.5 Å². The Labute approximate surface area is 97.3 Å². The number of hydrogen-bond acceptors (Lipinski definition) is 3. The van der Waals surface area contributed by atoms with Gasteiger partial charge in [0.1, 0.15) is 6.23 Å². The summed E-state index contributed by atoms with van der Waals surface area (Å²) in [6.07, 6.45) is 2.03. The Morgan fingerprint density at radius 2 is 1.94 bits per heavy atom. The van der Waals surface area contributed by atoms with Crippen LogP contribution in [0.25, 0.3) is 0 Å². The van der Waals surface area contributed by atoms with Crippen LogP contribution in [-0.4, -0.2) is 40.4 Å². The highest BCUT2D eigenvalue weighted by molar-refractivity contribution is 5.66. The van der Waals surface area contributed by atoms with Crippen molar-refractivity contribution in [2.24, 2.45) is 11.8 Å². The second-order valence-corrected chi connectivity index (χ2v) is 5.03. The first-order chi connectivity index (χ1) is 7.50. The summed E-state index contributed by atoms with van der Waals surface area (Å²) < 4.78 is 0. The first-order valence-electron chi connectivity index (χ1n) is 6.14. The van der Waals surface area contributed by atoms with Gasteiger partial charge in [-0.2, -0.15) is 0 Å². The zero-order chi connectivity index (χ0) is 12.1. The molecule has 0 aromatic carbocycles. The Morgan fingerprint density at radius 3 is 2.38 bits per heavy atom. The summed E-state index contributed by atoms with van der Waals surface area (Å²) in [4.78, 5) is 12.4. The molecule has 1 fully saturated rings. The third kappa shape index (κ3) is 4.10. The first kappa shape index (κ1) is 13.5. The van der Waals surface area contributed by atoms with E-state index in [4.69, 9.17) is 5.11 Å². The molecule has 94 valence electrons. The molecule has 0 amide bonds. The molecule has 1 saturated heterocycles. The summed E-state index contributed by atoms with van der Waals surface area (Å²) in [5.41, 5.74) is 0. The lowest BCUT2D eigenvalue weighted by atomic mass is 9.86. The van der Waals surface area contributed by atoms with Crippen molar-refractivity contribution in [2.45, 2.75) is 45.8 Å². The fraction of sp³-hybridized carbons (Fsp3) is 0.917. The van der Waals surface area contributed by atoms with Gasteiger partial charge in [-0.15, -0.1) is 0 Å². The van der Waals surface area contributed by atoms with Crippen LogP contribution in [0.3, 0.4) is 0 Å². The molecule has 0 bridgehead atoms. The molecule has 0 saturated carbocycles. The number of rotatable bonds is 5. The highest BCUT2D eigenvalue weighted by Gasteiger charge is 2.25. The summed E-state index contributed by atoms with van der Waals surface area (Å²) in [7, 11) is 0. The minimum Gasteiger partial charge on any atom is -0.481 e. The zero-order valence-corrected chi connectivity index (χ0v) is 10.2. The molecule has 1 aliphatic heterocycles. The highest BCUT2D eigenvalue weighted by Crippen LogP contribution is 2.25. The number of likely N-dealkylation sites (tertiary alicyclic amines) is 1. The first-order valence-corrected chi connectivity index (χ1v) is 6.14. The van der Waals surface area contributed by atoms with E-state index in [1.165, 1.54) is 0 Å². The second-order valence-electron chi connectivity index (χ2n) is 5.03. The van der Waals surface area contributed by atoms with E-state index in [0.717, 1.165) is 31.8 Å². The molecular weight excluding hydrogens is 206 g/mol. The molecule has 0 radical (unpaired) electrons. The van der Waals surface area contributed by atoms with Crippen LogP contribution >= 0.6 is 0 Å². The number of hydrogen-bond donors (Lipinski definition) is 2. The molecule has 0 spiro atoms. The lowest BCUT2D eigenvalue weighted by Crippen LogP contribution is -2.42. The van der Waals surface area contributed by atoms with E-state index in [2.05, 4.69) is 13.8 Å². The summed E-state index contributed by atoms with van der Waals surface area (Å²) in [6, 6.07) is 0. The van der Waals surface area contributed by atoms with Gasteiger partial charge in [-0.3, -0.25) is 9.69 Å². The minimum atomic E-state index is -0.837. The van der Waals surface area contributed by atoms with E-state index in [1.807, 2.05) is 4.90 Å². The van der Waals surface area contributed by atoms with Gasteiger partial charge in [0.2, 0.25) is 0 Å². The van der Waals surface area contributed by atoms with Crippen molar-refractivity contribution in [3.63, 3.8) is 0 Å². The Balaban J connectivity index is 2.27. The van der Waals surface area contributed by atoms with Crippen molar-refractivity contribution in [3.05, 3.63) is 0 Å². The number of aliphatic carboxylic acids is 1. The number of carboxylic acid groups (broad SMARTS) is 1. The topological polar surface area (TPSA) is 60.8 Å². The van der Waals surface area contributed by atoms with Crippen LogP contribution in [0.15, 0.2) is 0 Å². The van der Waals surface area contributed by atoms with Gasteiger partial charge in [-0.05, 0) is 31.1 Å². The molecule has 1 unspecified atom stereocenters. The van der Waals surface area contributed by atoms with Gasteiger partial charge in [0.05, 0.1) is 0 Å². The van der Waals surface area contributed by atoms with Crippen molar-refractivity contribution in [1.29, 1.82) is 0 Å². The molecule has 16 heavy (non-hydrogen) atoms. The summed E-state index contributed by atoms with van der Waals surface area (Å²) in [5, 5.41) is 18.4. The number of aliphatic hydroxyl groups is 1. The van der Waals surface area contributed by atoms with Crippen LogP contribution in [0.5, 0.6) is 0 Å². The van der Waals surface area contributed by atoms with Gasteiger partial charge >= 0.3 is 5.97 Å². The molecular formula is C12H23NO3. The maximum absolute atomic E-state index is 10.4. The average molecular weight is 229 g/mol. The van der Waals surface area contributed by atoms with E-state index in [1.54, 1.807) is 0 Å². The Morgan fingerprint density at radius 1 is 1.38 bits per heavy atom. The summed E-state index contributed by atoms with van der Waals surface area (Å²) in [6.45, 7) is 6.26. The Bertz CT molecular complexity index is 222. The monoisotopic (exact) mass is 229 g/mol. The smallest absolute Gasteiger partial charge is 0.303 e. The van der Waals surface area contributed by atoms with Gasteiger partial charge in [0, 0.05) is 19.5 Å². The molecule has 4 heteroatoms. The van der Waals surface area contributed by atoms with Crippen LogP contribution in [0.4, 0.5) is 0 Å². The molecule has 0 aliphatic carbocycles. The fourth-order valence-corrected chi connectivity index (χ4v) is 2.32. The van der Waals surface area contributed by atoms with Crippen LogP contribution in [0.2, 0.25) is 0 Å².